The Morgan fingerprint density at radius 1 is 0.907 bits per heavy atom. The number of hydrogen-bond acceptors (Lipinski definition) is 10. The summed E-state index contributed by atoms with van der Waals surface area (Å²) < 4.78 is 22.8. The minimum absolute atomic E-state index is 0.180. The van der Waals surface area contributed by atoms with Crippen LogP contribution in [0.2, 0.25) is 0 Å². The van der Waals surface area contributed by atoms with Gasteiger partial charge in [0.05, 0.1) is 49.9 Å². The van der Waals surface area contributed by atoms with Gasteiger partial charge in [0.2, 0.25) is 11.7 Å². The average molecular weight is 613 g/mol. The zero-order chi connectivity index (χ0) is 30.3. The summed E-state index contributed by atoms with van der Waals surface area (Å²) in [5.41, 5.74) is 4.13. The van der Waals surface area contributed by atoms with Crippen LogP contribution in [-0.2, 0) is 4.79 Å². The van der Waals surface area contributed by atoms with Gasteiger partial charge in [-0.3, -0.25) is 4.79 Å². The highest BCUT2D eigenvalue weighted by Gasteiger charge is 2.20. The third-order valence-electron chi connectivity index (χ3n) is 6.55. The molecule has 0 unspecified atom stereocenters. The first-order chi connectivity index (χ1) is 21.0. The second kappa shape index (κ2) is 13.5. The molecule has 2 aromatic heterocycles. The fourth-order valence-electron chi connectivity index (χ4n) is 4.46. The van der Waals surface area contributed by atoms with E-state index in [4.69, 9.17) is 23.9 Å². The Morgan fingerprint density at radius 2 is 1.65 bits per heavy atom. The molecular formula is C32H28N4O5S2. The number of nitriles is 1. The Morgan fingerprint density at radius 3 is 2.30 bits per heavy atom. The van der Waals surface area contributed by atoms with Gasteiger partial charge in [-0.25, -0.2) is 9.97 Å². The highest BCUT2D eigenvalue weighted by atomic mass is 32.2. The number of hydrogen-bond donors (Lipinski definition) is 1. The number of methoxy groups -OCH3 is 4. The van der Waals surface area contributed by atoms with Gasteiger partial charge in [-0.2, -0.15) is 5.26 Å². The average Bonchev–Trinajstić information content (AvgIpc) is 3.45. The van der Waals surface area contributed by atoms with E-state index >= 15 is 0 Å². The van der Waals surface area contributed by atoms with Crippen LogP contribution in [0.3, 0.4) is 0 Å². The molecule has 0 aliphatic heterocycles. The van der Waals surface area contributed by atoms with Crippen molar-refractivity contribution < 1.29 is 23.7 Å². The minimum Gasteiger partial charge on any atom is -0.497 e. The summed E-state index contributed by atoms with van der Waals surface area (Å²) in [4.78, 5) is 22.2. The molecule has 0 atom stereocenters. The standard InChI is InChI=1S/C32H28N4O5S2/c1-38-21-10-11-24-28(16-21)43-32(35-24)36-29(37)12-13-42-31-23(18-33)22(17-25(34-31)19-8-6-5-7-9-19)20-14-26(39-2)30(41-4)27(15-20)40-3/h5-11,14-17H,12-13H2,1-4H3,(H,35,36,37). The van der Waals surface area contributed by atoms with E-state index < -0.39 is 0 Å². The second-order valence-electron chi connectivity index (χ2n) is 9.13. The summed E-state index contributed by atoms with van der Waals surface area (Å²) in [6.07, 6.45) is 0.200. The molecule has 2 heterocycles. The van der Waals surface area contributed by atoms with Crippen molar-refractivity contribution in [2.24, 2.45) is 0 Å². The normalized spacial score (nSPS) is 10.7. The molecule has 0 aliphatic rings. The van der Waals surface area contributed by atoms with Gasteiger partial charge in [-0.1, -0.05) is 41.7 Å². The Kier molecular flexibility index (Phi) is 9.29. The highest BCUT2D eigenvalue weighted by Crippen LogP contribution is 2.43. The minimum atomic E-state index is -0.180. The number of fused-ring (bicyclic) bond motifs is 1. The zero-order valence-corrected chi connectivity index (χ0v) is 25.6. The first-order valence-electron chi connectivity index (χ1n) is 13.2. The fraction of sp³-hybridized carbons (Fsp3) is 0.188. The van der Waals surface area contributed by atoms with Crippen molar-refractivity contribution in [2.45, 2.75) is 11.4 Å². The number of carbonyl (C=O) groups excluding carboxylic acids is 1. The van der Waals surface area contributed by atoms with Gasteiger partial charge in [0, 0.05) is 23.3 Å². The maximum Gasteiger partial charge on any atom is 0.226 e. The summed E-state index contributed by atoms with van der Waals surface area (Å²) in [5, 5.41) is 14.2. The van der Waals surface area contributed by atoms with Crippen LogP contribution in [0, 0.1) is 11.3 Å². The summed E-state index contributed by atoms with van der Waals surface area (Å²) in [5.74, 6) is 2.35. The maximum atomic E-state index is 12.8. The van der Waals surface area contributed by atoms with Crippen LogP contribution in [0.4, 0.5) is 5.13 Å². The van der Waals surface area contributed by atoms with Crippen molar-refractivity contribution in [2.75, 3.05) is 39.5 Å². The van der Waals surface area contributed by atoms with Crippen LogP contribution in [-0.4, -0.2) is 50.1 Å². The van der Waals surface area contributed by atoms with Gasteiger partial charge in [-0.05, 0) is 42.0 Å². The van der Waals surface area contributed by atoms with E-state index in [2.05, 4.69) is 16.4 Å². The molecule has 0 spiro atoms. The van der Waals surface area contributed by atoms with Crippen LogP contribution in [0.25, 0.3) is 32.6 Å². The SMILES string of the molecule is COc1ccc2nc(NC(=O)CCSc3nc(-c4ccccc4)cc(-c4cc(OC)c(OC)c(OC)c4)c3C#N)sc2c1. The molecule has 9 nitrogen and oxygen atoms in total. The van der Waals surface area contributed by atoms with Gasteiger partial charge >= 0.3 is 0 Å². The van der Waals surface area contributed by atoms with Crippen molar-refractivity contribution in [3.8, 4) is 51.5 Å². The van der Waals surface area contributed by atoms with Crippen LogP contribution in [0.15, 0.2) is 71.8 Å². The molecule has 218 valence electrons. The van der Waals surface area contributed by atoms with Crippen molar-refractivity contribution in [3.05, 3.63) is 72.3 Å². The third-order valence-corrected chi connectivity index (χ3v) is 8.46. The molecule has 0 aliphatic carbocycles. The van der Waals surface area contributed by atoms with Gasteiger partial charge in [-0.15, -0.1) is 11.8 Å². The molecule has 43 heavy (non-hydrogen) atoms. The molecule has 1 N–H and O–H groups in total. The lowest BCUT2D eigenvalue weighted by Gasteiger charge is -2.16. The highest BCUT2D eigenvalue weighted by molar-refractivity contribution is 7.99. The van der Waals surface area contributed by atoms with Crippen LogP contribution in [0.5, 0.6) is 23.0 Å². The van der Waals surface area contributed by atoms with Gasteiger partial charge in [0.15, 0.2) is 16.6 Å². The second-order valence-corrected chi connectivity index (χ2v) is 11.2. The Hall–Kier alpha value is -4.79. The first kappa shape index (κ1) is 29.7. The smallest absolute Gasteiger partial charge is 0.226 e. The van der Waals surface area contributed by atoms with Crippen molar-refractivity contribution in [1.29, 1.82) is 5.26 Å². The number of pyridine rings is 1. The molecule has 0 fully saturated rings. The van der Waals surface area contributed by atoms with Crippen LogP contribution < -0.4 is 24.3 Å². The maximum absolute atomic E-state index is 12.8. The van der Waals surface area contributed by atoms with Gasteiger partial charge < -0.3 is 24.3 Å². The molecular weight excluding hydrogens is 585 g/mol. The number of aromatic nitrogens is 2. The molecule has 0 radical (unpaired) electrons. The largest absolute Gasteiger partial charge is 0.497 e. The monoisotopic (exact) mass is 612 g/mol. The third kappa shape index (κ3) is 6.51. The number of thiazole rings is 1. The van der Waals surface area contributed by atoms with Gasteiger partial charge in [0.25, 0.3) is 0 Å². The number of benzene rings is 3. The number of carbonyl (C=O) groups is 1. The molecule has 5 aromatic rings. The topological polar surface area (TPSA) is 116 Å². The van der Waals surface area contributed by atoms with E-state index in [-0.39, 0.29) is 12.3 Å². The van der Waals surface area contributed by atoms with E-state index in [1.165, 1.54) is 23.1 Å². The number of rotatable bonds is 11. The quantitative estimate of drug-likeness (QED) is 0.157. The van der Waals surface area contributed by atoms with E-state index in [1.54, 1.807) is 28.4 Å². The van der Waals surface area contributed by atoms with E-state index in [0.29, 0.717) is 55.5 Å². The number of nitrogens with one attached hydrogen (secondary N) is 1. The van der Waals surface area contributed by atoms with Crippen molar-refractivity contribution in [1.82, 2.24) is 9.97 Å². The van der Waals surface area contributed by atoms with Gasteiger partial charge in [0.1, 0.15) is 16.8 Å². The predicted molar refractivity (Wildman–Crippen MR) is 170 cm³/mol. The van der Waals surface area contributed by atoms with Crippen LogP contribution in [0.1, 0.15) is 12.0 Å². The number of amides is 1. The van der Waals surface area contributed by atoms with Crippen LogP contribution >= 0.6 is 23.1 Å². The Bertz CT molecular complexity index is 1790. The summed E-state index contributed by atoms with van der Waals surface area (Å²) >= 11 is 2.73. The number of nitrogens with zero attached hydrogens (tertiary/aromatic N) is 3. The summed E-state index contributed by atoms with van der Waals surface area (Å²) in [6.45, 7) is 0. The Balaban J connectivity index is 1.43. The van der Waals surface area contributed by atoms with Crippen molar-refractivity contribution >= 4 is 44.4 Å². The molecule has 5 rings (SSSR count). The fourth-order valence-corrected chi connectivity index (χ4v) is 6.32. The lowest BCUT2D eigenvalue weighted by Crippen LogP contribution is -2.12. The zero-order valence-electron chi connectivity index (χ0n) is 24.0. The van der Waals surface area contributed by atoms with E-state index in [1.807, 2.05) is 66.7 Å². The lowest BCUT2D eigenvalue weighted by molar-refractivity contribution is -0.115. The Labute approximate surface area is 257 Å². The number of anilines is 1. The van der Waals surface area contributed by atoms with E-state index in [0.717, 1.165) is 21.5 Å². The summed E-state index contributed by atoms with van der Waals surface area (Å²) in [6, 6.07) is 23.1. The molecule has 1 amide bonds. The molecule has 0 bridgehead atoms. The summed E-state index contributed by atoms with van der Waals surface area (Å²) in [7, 11) is 6.25. The first-order valence-corrected chi connectivity index (χ1v) is 15.0. The number of ether oxygens (including phenoxy) is 4. The predicted octanol–water partition coefficient (Wildman–Crippen LogP) is 7.05. The van der Waals surface area contributed by atoms with E-state index in [9.17, 15) is 10.1 Å². The number of thioether (sulfide) groups is 1. The lowest BCUT2D eigenvalue weighted by atomic mass is 9.98. The molecule has 3 aromatic carbocycles. The van der Waals surface area contributed by atoms with Crippen molar-refractivity contribution in [3.63, 3.8) is 0 Å². The molecule has 0 saturated heterocycles. The molecule has 0 saturated carbocycles. The molecule has 11 heteroatoms.